The van der Waals surface area contributed by atoms with Crippen molar-refractivity contribution in [2.75, 3.05) is 6.54 Å². The van der Waals surface area contributed by atoms with E-state index in [1.807, 2.05) is 35.9 Å². The van der Waals surface area contributed by atoms with Crippen LogP contribution in [0.5, 0.6) is 0 Å². The van der Waals surface area contributed by atoms with Crippen LogP contribution in [0.15, 0.2) is 73.2 Å². The largest absolute Gasteiger partial charge is 0.351 e. The van der Waals surface area contributed by atoms with Crippen LogP contribution in [0.2, 0.25) is 0 Å². The summed E-state index contributed by atoms with van der Waals surface area (Å²) in [5.74, 6) is -0.686. The number of aryl methyl sites for hydroxylation is 2. The van der Waals surface area contributed by atoms with Crippen LogP contribution in [0.3, 0.4) is 0 Å². The standard InChI is InChI=1S/C22H23N5O2/c1-17-5-7-19(8-6-17)21(28)26-20(14-18-4-2-9-23-15-18)22(29)25-10-3-12-27-13-11-24-16-27/h2,4-9,11,13-16H,3,10,12H2,1H3,(H,25,29)(H,26,28). The quantitative estimate of drug-likeness (QED) is 0.458. The van der Waals surface area contributed by atoms with E-state index in [4.69, 9.17) is 0 Å². The topological polar surface area (TPSA) is 88.9 Å². The Labute approximate surface area is 169 Å². The average Bonchev–Trinajstić information content (AvgIpc) is 3.25. The fourth-order valence-corrected chi connectivity index (χ4v) is 2.66. The summed E-state index contributed by atoms with van der Waals surface area (Å²) in [7, 11) is 0. The van der Waals surface area contributed by atoms with Crippen LogP contribution >= 0.6 is 0 Å². The van der Waals surface area contributed by atoms with Gasteiger partial charge in [-0.2, -0.15) is 0 Å². The zero-order valence-electron chi connectivity index (χ0n) is 16.2. The summed E-state index contributed by atoms with van der Waals surface area (Å²) >= 11 is 0. The van der Waals surface area contributed by atoms with Crippen LogP contribution in [0, 0.1) is 6.92 Å². The number of rotatable bonds is 8. The molecule has 0 bridgehead atoms. The van der Waals surface area contributed by atoms with E-state index in [-0.39, 0.29) is 17.5 Å². The van der Waals surface area contributed by atoms with Gasteiger partial charge in [-0.1, -0.05) is 23.8 Å². The van der Waals surface area contributed by atoms with E-state index in [2.05, 4.69) is 20.6 Å². The number of hydrogen-bond acceptors (Lipinski definition) is 4. The molecule has 0 saturated carbocycles. The van der Waals surface area contributed by atoms with Crippen molar-refractivity contribution >= 4 is 17.9 Å². The third kappa shape index (κ3) is 6.14. The number of carbonyl (C=O) groups excluding carboxylic acids is 2. The van der Waals surface area contributed by atoms with Gasteiger partial charge in [-0.15, -0.1) is 0 Å². The van der Waals surface area contributed by atoms with Crippen LogP contribution in [0.25, 0.3) is 6.08 Å². The van der Waals surface area contributed by atoms with Crippen LogP contribution in [0.4, 0.5) is 0 Å². The Morgan fingerprint density at radius 3 is 2.62 bits per heavy atom. The van der Waals surface area contributed by atoms with Crippen LogP contribution < -0.4 is 10.6 Å². The van der Waals surface area contributed by atoms with Gasteiger partial charge in [0.25, 0.3) is 11.8 Å². The van der Waals surface area contributed by atoms with Crippen molar-refractivity contribution in [2.45, 2.75) is 19.9 Å². The highest BCUT2D eigenvalue weighted by molar-refractivity contribution is 6.05. The van der Waals surface area contributed by atoms with Crippen molar-refractivity contribution in [3.05, 3.63) is 89.9 Å². The van der Waals surface area contributed by atoms with Crippen molar-refractivity contribution in [1.29, 1.82) is 0 Å². The predicted octanol–water partition coefficient (Wildman–Crippen LogP) is 2.56. The van der Waals surface area contributed by atoms with Gasteiger partial charge in [0.15, 0.2) is 0 Å². The fraction of sp³-hybridized carbons (Fsp3) is 0.182. The Hall–Kier alpha value is -3.74. The molecule has 0 aliphatic heterocycles. The molecular weight excluding hydrogens is 366 g/mol. The lowest BCUT2D eigenvalue weighted by Crippen LogP contribution is -2.35. The number of pyridine rings is 1. The molecule has 0 unspecified atom stereocenters. The van der Waals surface area contributed by atoms with Gasteiger partial charge in [0.1, 0.15) is 5.70 Å². The zero-order valence-corrected chi connectivity index (χ0v) is 16.2. The summed E-state index contributed by atoms with van der Waals surface area (Å²) in [6.45, 7) is 3.17. The van der Waals surface area contributed by atoms with E-state index in [1.54, 1.807) is 49.2 Å². The maximum absolute atomic E-state index is 12.7. The van der Waals surface area contributed by atoms with Gasteiger partial charge in [0.2, 0.25) is 0 Å². The molecule has 2 heterocycles. The molecular formula is C22H23N5O2. The molecule has 2 N–H and O–H groups in total. The van der Waals surface area contributed by atoms with Gasteiger partial charge >= 0.3 is 0 Å². The Bertz CT molecular complexity index is 964. The molecule has 0 atom stereocenters. The van der Waals surface area contributed by atoms with Crippen molar-refractivity contribution in [3.8, 4) is 0 Å². The normalized spacial score (nSPS) is 11.1. The summed E-state index contributed by atoms with van der Waals surface area (Å²) in [5.41, 5.74) is 2.44. The Morgan fingerprint density at radius 2 is 1.93 bits per heavy atom. The third-order valence-corrected chi connectivity index (χ3v) is 4.24. The van der Waals surface area contributed by atoms with E-state index in [0.29, 0.717) is 12.1 Å². The molecule has 29 heavy (non-hydrogen) atoms. The van der Waals surface area contributed by atoms with Gasteiger partial charge in [-0.3, -0.25) is 14.6 Å². The van der Waals surface area contributed by atoms with Gasteiger partial charge in [-0.05, 0) is 43.2 Å². The van der Waals surface area contributed by atoms with Gasteiger partial charge in [0.05, 0.1) is 6.33 Å². The number of nitrogens with zero attached hydrogens (tertiary/aromatic N) is 3. The van der Waals surface area contributed by atoms with Crippen molar-refractivity contribution in [3.63, 3.8) is 0 Å². The molecule has 7 nitrogen and oxygen atoms in total. The predicted molar refractivity (Wildman–Crippen MR) is 111 cm³/mol. The number of aromatic nitrogens is 3. The molecule has 2 amide bonds. The second-order valence-electron chi connectivity index (χ2n) is 6.57. The monoisotopic (exact) mass is 389 g/mol. The highest BCUT2D eigenvalue weighted by Gasteiger charge is 2.14. The molecule has 0 spiro atoms. The third-order valence-electron chi connectivity index (χ3n) is 4.24. The molecule has 3 rings (SSSR count). The molecule has 0 radical (unpaired) electrons. The van der Waals surface area contributed by atoms with E-state index in [9.17, 15) is 9.59 Å². The molecule has 0 saturated heterocycles. The molecule has 3 aromatic rings. The second-order valence-corrected chi connectivity index (χ2v) is 6.57. The SMILES string of the molecule is Cc1ccc(C(=O)NC(=Cc2cccnc2)C(=O)NCCCn2ccnc2)cc1. The van der Waals surface area contributed by atoms with Crippen LogP contribution in [-0.4, -0.2) is 32.9 Å². The summed E-state index contributed by atoms with van der Waals surface area (Å²) in [4.78, 5) is 33.3. The van der Waals surface area contributed by atoms with E-state index >= 15 is 0 Å². The smallest absolute Gasteiger partial charge is 0.267 e. The van der Waals surface area contributed by atoms with E-state index in [1.165, 1.54) is 0 Å². The first-order valence-electron chi connectivity index (χ1n) is 9.35. The minimum atomic E-state index is -0.347. The molecule has 2 aromatic heterocycles. The first-order chi connectivity index (χ1) is 14.1. The molecule has 1 aromatic carbocycles. The first-order valence-corrected chi connectivity index (χ1v) is 9.35. The fourth-order valence-electron chi connectivity index (χ4n) is 2.66. The lowest BCUT2D eigenvalue weighted by atomic mass is 10.1. The van der Waals surface area contributed by atoms with Crippen molar-refractivity contribution in [2.24, 2.45) is 0 Å². The van der Waals surface area contributed by atoms with Crippen LogP contribution in [-0.2, 0) is 11.3 Å². The zero-order chi connectivity index (χ0) is 20.5. The lowest BCUT2D eigenvalue weighted by Gasteiger charge is -2.11. The number of carbonyl (C=O) groups is 2. The van der Waals surface area contributed by atoms with Gasteiger partial charge in [-0.25, -0.2) is 4.98 Å². The van der Waals surface area contributed by atoms with Crippen molar-refractivity contribution in [1.82, 2.24) is 25.2 Å². The minimum absolute atomic E-state index is 0.172. The summed E-state index contributed by atoms with van der Waals surface area (Å²) in [6, 6.07) is 10.8. The van der Waals surface area contributed by atoms with Crippen LogP contribution in [0.1, 0.15) is 27.9 Å². The molecule has 0 aliphatic rings. The summed E-state index contributed by atoms with van der Waals surface area (Å²) in [6.07, 6.45) is 11.0. The minimum Gasteiger partial charge on any atom is -0.351 e. The summed E-state index contributed by atoms with van der Waals surface area (Å²) < 4.78 is 1.94. The maximum Gasteiger partial charge on any atom is 0.267 e. The number of imidazole rings is 1. The maximum atomic E-state index is 12.7. The molecule has 7 heteroatoms. The number of benzene rings is 1. The lowest BCUT2D eigenvalue weighted by molar-refractivity contribution is -0.117. The molecule has 148 valence electrons. The highest BCUT2D eigenvalue weighted by Crippen LogP contribution is 2.07. The van der Waals surface area contributed by atoms with Gasteiger partial charge in [0, 0.05) is 43.4 Å². The Balaban J connectivity index is 1.67. The molecule has 0 aliphatic carbocycles. The second kappa shape index (κ2) is 9.98. The Kier molecular flexibility index (Phi) is 6.89. The number of hydrogen-bond donors (Lipinski definition) is 2. The van der Waals surface area contributed by atoms with Crippen molar-refractivity contribution < 1.29 is 9.59 Å². The first kappa shape index (κ1) is 20.0. The number of amides is 2. The highest BCUT2D eigenvalue weighted by atomic mass is 16.2. The number of nitrogens with one attached hydrogen (secondary N) is 2. The molecule has 0 fully saturated rings. The van der Waals surface area contributed by atoms with E-state index < -0.39 is 0 Å². The van der Waals surface area contributed by atoms with E-state index in [0.717, 1.165) is 24.1 Å². The summed E-state index contributed by atoms with van der Waals surface area (Å²) in [5, 5.41) is 5.58. The average molecular weight is 389 g/mol. The van der Waals surface area contributed by atoms with Gasteiger partial charge < -0.3 is 15.2 Å². The Morgan fingerprint density at radius 1 is 1.10 bits per heavy atom.